The number of hydrogen-bond acceptors (Lipinski definition) is 4. The molecule has 3 aromatic rings. The number of aromatic nitrogens is 2. The van der Waals surface area contributed by atoms with E-state index in [0.29, 0.717) is 37.4 Å². The van der Waals surface area contributed by atoms with Crippen LogP contribution in [0.2, 0.25) is 0 Å². The van der Waals surface area contributed by atoms with Crippen molar-refractivity contribution in [3.8, 4) is 11.4 Å². The Balaban J connectivity index is 1.46. The molecule has 168 valence electrons. The van der Waals surface area contributed by atoms with Crippen LogP contribution in [0, 0.1) is 6.92 Å². The van der Waals surface area contributed by atoms with Gasteiger partial charge in [0.15, 0.2) is 0 Å². The van der Waals surface area contributed by atoms with Gasteiger partial charge in [-0.15, -0.1) is 0 Å². The number of ether oxygens (including phenoxy) is 1. The van der Waals surface area contributed by atoms with Gasteiger partial charge in [-0.2, -0.15) is 18.3 Å². The van der Waals surface area contributed by atoms with Crippen molar-refractivity contribution in [2.75, 3.05) is 38.2 Å². The monoisotopic (exact) mass is 444 g/mol. The molecule has 9 heteroatoms. The van der Waals surface area contributed by atoms with Crippen LogP contribution in [0.1, 0.15) is 21.6 Å². The third-order valence-corrected chi connectivity index (χ3v) is 5.66. The third kappa shape index (κ3) is 4.28. The summed E-state index contributed by atoms with van der Waals surface area (Å²) in [6.07, 6.45) is -3.02. The molecule has 0 atom stereocenters. The van der Waals surface area contributed by atoms with Gasteiger partial charge in [-0.25, -0.2) is 4.68 Å². The second-order valence-electron chi connectivity index (χ2n) is 7.58. The minimum absolute atomic E-state index is 0.171. The summed E-state index contributed by atoms with van der Waals surface area (Å²) >= 11 is 0. The number of nitrogens with zero attached hydrogens (tertiary/aromatic N) is 4. The molecule has 0 unspecified atom stereocenters. The predicted octanol–water partition coefficient (Wildman–Crippen LogP) is 4.17. The Morgan fingerprint density at radius 1 is 1.00 bits per heavy atom. The molecule has 0 N–H and O–H groups in total. The number of methoxy groups -OCH3 is 1. The van der Waals surface area contributed by atoms with Gasteiger partial charge in [0.1, 0.15) is 5.75 Å². The van der Waals surface area contributed by atoms with Gasteiger partial charge in [-0.3, -0.25) is 4.79 Å². The Hall–Kier alpha value is -3.49. The molecule has 0 saturated carbocycles. The molecule has 32 heavy (non-hydrogen) atoms. The van der Waals surface area contributed by atoms with E-state index in [9.17, 15) is 18.0 Å². The molecule has 1 aliphatic heterocycles. The van der Waals surface area contributed by atoms with Crippen molar-refractivity contribution in [1.29, 1.82) is 0 Å². The second kappa shape index (κ2) is 8.57. The Morgan fingerprint density at radius 2 is 1.69 bits per heavy atom. The average molecular weight is 444 g/mol. The van der Waals surface area contributed by atoms with Crippen LogP contribution < -0.4 is 9.64 Å². The molecule has 2 heterocycles. The fraction of sp³-hybridized carbons (Fsp3) is 0.304. The van der Waals surface area contributed by atoms with E-state index in [4.69, 9.17) is 4.74 Å². The van der Waals surface area contributed by atoms with E-state index in [1.54, 1.807) is 18.9 Å². The summed E-state index contributed by atoms with van der Waals surface area (Å²) in [5.41, 5.74) is 1.46. The minimum atomic E-state index is -4.45. The minimum Gasteiger partial charge on any atom is -0.497 e. The first-order valence-electron chi connectivity index (χ1n) is 10.2. The van der Waals surface area contributed by atoms with E-state index in [1.165, 1.54) is 23.0 Å². The molecule has 0 spiro atoms. The quantitative estimate of drug-likeness (QED) is 0.606. The number of anilines is 1. The smallest absolute Gasteiger partial charge is 0.416 e. The maximum absolute atomic E-state index is 13.1. The Labute approximate surface area is 183 Å². The third-order valence-electron chi connectivity index (χ3n) is 5.66. The number of benzene rings is 2. The van der Waals surface area contributed by atoms with E-state index in [1.807, 2.05) is 24.3 Å². The van der Waals surface area contributed by atoms with E-state index in [-0.39, 0.29) is 11.6 Å². The van der Waals surface area contributed by atoms with Crippen LogP contribution in [-0.4, -0.2) is 53.9 Å². The lowest BCUT2D eigenvalue weighted by Gasteiger charge is -2.36. The Morgan fingerprint density at radius 3 is 2.31 bits per heavy atom. The van der Waals surface area contributed by atoms with Crippen molar-refractivity contribution in [1.82, 2.24) is 14.7 Å². The lowest BCUT2D eigenvalue weighted by Crippen LogP contribution is -2.48. The zero-order chi connectivity index (χ0) is 22.9. The molecule has 1 fully saturated rings. The normalized spacial score (nSPS) is 14.5. The highest BCUT2D eigenvalue weighted by molar-refractivity contribution is 5.95. The lowest BCUT2D eigenvalue weighted by atomic mass is 10.1. The molecule has 1 amide bonds. The van der Waals surface area contributed by atoms with Crippen LogP contribution in [0.15, 0.2) is 54.7 Å². The number of alkyl halides is 3. The zero-order valence-corrected chi connectivity index (χ0v) is 17.8. The summed E-state index contributed by atoms with van der Waals surface area (Å²) in [6.45, 7) is 4.13. The van der Waals surface area contributed by atoms with Crippen molar-refractivity contribution in [2.45, 2.75) is 13.1 Å². The fourth-order valence-electron chi connectivity index (χ4n) is 3.82. The van der Waals surface area contributed by atoms with Gasteiger partial charge in [-0.05, 0) is 49.4 Å². The van der Waals surface area contributed by atoms with Gasteiger partial charge in [0.2, 0.25) is 0 Å². The van der Waals surface area contributed by atoms with Gasteiger partial charge in [0.05, 0.1) is 35.8 Å². The number of piperazine rings is 1. The van der Waals surface area contributed by atoms with Crippen molar-refractivity contribution in [3.63, 3.8) is 0 Å². The summed E-state index contributed by atoms with van der Waals surface area (Å²) in [5, 5.41) is 4.18. The van der Waals surface area contributed by atoms with Crippen molar-refractivity contribution >= 4 is 11.6 Å². The molecule has 4 rings (SSSR count). The molecule has 0 bridgehead atoms. The van der Waals surface area contributed by atoms with E-state index < -0.39 is 11.7 Å². The predicted molar refractivity (Wildman–Crippen MR) is 114 cm³/mol. The highest BCUT2D eigenvalue weighted by Gasteiger charge is 2.31. The maximum Gasteiger partial charge on any atom is 0.416 e. The number of carbonyl (C=O) groups excluding carboxylic acids is 1. The van der Waals surface area contributed by atoms with Crippen LogP contribution in [0.5, 0.6) is 5.75 Å². The molecule has 0 aliphatic carbocycles. The van der Waals surface area contributed by atoms with Crippen molar-refractivity contribution in [2.24, 2.45) is 0 Å². The highest BCUT2D eigenvalue weighted by Crippen LogP contribution is 2.30. The number of rotatable bonds is 4. The first-order chi connectivity index (χ1) is 15.3. The molecule has 2 aromatic carbocycles. The van der Waals surface area contributed by atoms with Crippen LogP contribution in [-0.2, 0) is 6.18 Å². The summed E-state index contributed by atoms with van der Waals surface area (Å²) in [6, 6.07) is 12.7. The largest absolute Gasteiger partial charge is 0.497 e. The van der Waals surface area contributed by atoms with Crippen LogP contribution in [0.25, 0.3) is 5.69 Å². The van der Waals surface area contributed by atoms with Gasteiger partial charge in [0, 0.05) is 31.9 Å². The van der Waals surface area contributed by atoms with Crippen LogP contribution in [0.3, 0.4) is 0 Å². The molecular weight excluding hydrogens is 421 g/mol. The van der Waals surface area contributed by atoms with E-state index >= 15 is 0 Å². The number of carbonyl (C=O) groups is 1. The standard InChI is InChI=1S/C23H23F3N4O2/c1-16-21(15-27-30(16)19-5-3-4-17(14-19)23(24,25)26)22(31)29-12-10-28(11-13-29)18-6-8-20(32-2)9-7-18/h3-9,14-15H,10-13H2,1-2H3. The van der Waals surface area contributed by atoms with Crippen LogP contribution in [0.4, 0.5) is 18.9 Å². The zero-order valence-electron chi connectivity index (χ0n) is 17.8. The molecular formula is C23H23F3N4O2. The highest BCUT2D eigenvalue weighted by atomic mass is 19.4. The molecule has 0 radical (unpaired) electrons. The molecule has 1 aromatic heterocycles. The lowest BCUT2D eigenvalue weighted by molar-refractivity contribution is -0.137. The second-order valence-corrected chi connectivity index (χ2v) is 7.58. The Bertz CT molecular complexity index is 1100. The van der Waals surface area contributed by atoms with Crippen molar-refractivity contribution in [3.05, 3.63) is 71.5 Å². The maximum atomic E-state index is 13.1. The average Bonchev–Trinajstić information content (AvgIpc) is 3.19. The van der Waals surface area contributed by atoms with Crippen molar-refractivity contribution < 1.29 is 22.7 Å². The number of halogens is 3. The van der Waals surface area contributed by atoms with E-state index in [0.717, 1.165) is 23.6 Å². The van der Waals surface area contributed by atoms with Gasteiger partial charge >= 0.3 is 6.18 Å². The molecule has 1 aliphatic rings. The van der Waals surface area contributed by atoms with Gasteiger partial charge < -0.3 is 14.5 Å². The number of hydrogen-bond donors (Lipinski definition) is 0. The topological polar surface area (TPSA) is 50.6 Å². The molecule has 6 nitrogen and oxygen atoms in total. The van der Waals surface area contributed by atoms with Crippen LogP contribution >= 0.6 is 0 Å². The SMILES string of the molecule is COc1ccc(N2CCN(C(=O)c3cnn(-c4cccc(C(F)(F)F)c4)c3C)CC2)cc1. The molecule has 1 saturated heterocycles. The summed E-state index contributed by atoms with van der Waals surface area (Å²) in [4.78, 5) is 17.0. The van der Waals surface area contributed by atoms with Gasteiger partial charge in [-0.1, -0.05) is 6.07 Å². The summed E-state index contributed by atoms with van der Waals surface area (Å²) in [5.74, 6) is 0.617. The summed E-state index contributed by atoms with van der Waals surface area (Å²) in [7, 11) is 1.62. The first-order valence-corrected chi connectivity index (χ1v) is 10.2. The Kier molecular flexibility index (Phi) is 5.82. The first kappa shape index (κ1) is 21.7. The van der Waals surface area contributed by atoms with E-state index in [2.05, 4.69) is 10.00 Å². The number of amides is 1. The fourth-order valence-corrected chi connectivity index (χ4v) is 3.82. The van der Waals surface area contributed by atoms with Gasteiger partial charge in [0.25, 0.3) is 5.91 Å². The summed E-state index contributed by atoms with van der Waals surface area (Å²) < 4.78 is 45.7.